The maximum atomic E-state index is 13.2. The molecule has 0 aliphatic carbocycles. The fourth-order valence-electron chi connectivity index (χ4n) is 3.27. The summed E-state index contributed by atoms with van der Waals surface area (Å²) in [7, 11) is 0. The Morgan fingerprint density at radius 3 is 2.17 bits per heavy atom. The Balaban J connectivity index is 1.78. The number of aryl methyl sites for hydroxylation is 1. The molecule has 0 N–H and O–H groups in total. The van der Waals surface area contributed by atoms with E-state index < -0.39 is 11.9 Å². The fraction of sp³-hybridized carbons (Fsp3) is 0.308. The van der Waals surface area contributed by atoms with Crippen LogP contribution in [0.5, 0.6) is 11.5 Å². The van der Waals surface area contributed by atoms with Gasteiger partial charge in [-0.25, -0.2) is 4.98 Å². The van der Waals surface area contributed by atoms with Crippen molar-refractivity contribution in [1.82, 2.24) is 4.98 Å². The summed E-state index contributed by atoms with van der Waals surface area (Å²) in [4.78, 5) is 43.2. The number of thiazole rings is 1. The van der Waals surface area contributed by atoms with Crippen LogP contribution in [-0.4, -0.2) is 22.8 Å². The van der Waals surface area contributed by atoms with Crippen molar-refractivity contribution in [2.24, 2.45) is 0 Å². The monoisotopic (exact) mass is 514 g/mol. The molecular formula is C26H27ClN2O5S. The molecule has 0 saturated carbocycles. The van der Waals surface area contributed by atoms with E-state index >= 15 is 0 Å². The lowest BCUT2D eigenvalue weighted by molar-refractivity contribution is -0.137. The van der Waals surface area contributed by atoms with Crippen molar-refractivity contribution in [2.45, 2.75) is 52.4 Å². The number of esters is 2. The molecule has 0 radical (unpaired) electrons. The summed E-state index contributed by atoms with van der Waals surface area (Å²) < 4.78 is 10.9. The van der Waals surface area contributed by atoms with Gasteiger partial charge in [-0.3, -0.25) is 19.3 Å². The third-order valence-electron chi connectivity index (χ3n) is 4.94. The molecule has 35 heavy (non-hydrogen) atoms. The van der Waals surface area contributed by atoms with E-state index in [4.69, 9.17) is 21.1 Å². The predicted molar refractivity (Wildman–Crippen MR) is 137 cm³/mol. The van der Waals surface area contributed by atoms with Gasteiger partial charge in [-0.15, -0.1) is 11.3 Å². The number of hydrogen-bond acceptors (Lipinski definition) is 7. The molecule has 3 aromatic rings. The smallest absolute Gasteiger partial charge is 0.311 e. The Morgan fingerprint density at radius 2 is 1.57 bits per heavy atom. The minimum Gasteiger partial charge on any atom is -0.423 e. The van der Waals surface area contributed by atoms with Gasteiger partial charge in [0.05, 0.1) is 5.69 Å². The maximum Gasteiger partial charge on any atom is 0.311 e. The number of rotatable bonds is 11. The van der Waals surface area contributed by atoms with Crippen LogP contribution in [0.3, 0.4) is 0 Å². The molecule has 0 aliphatic rings. The van der Waals surface area contributed by atoms with Crippen molar-refractivity contribution in [2.75, 3.05) is 4.90 Å². The average Bonchev–Trinajstić information content (AvgIpc) is 3.35. The van der Waals surface area contributed by atoms with Crippen LogP contribution in [0.2, 0.25) is 5.02 Å². The van der Waals surface area contributed by atoms with E-state index in [2.05, 4.69) is 4.98 Å². The van der Waals surface area contributed by atoms with Gasteiger partial charge in [-0.1, -0.05) is 31.5 Å². The average molecular weight is 515 g/mol. The van der Waals surface area contributed by atoms with Crippen molar-refractivity contribution in [1.29, 1.82) is 0 Å². The first-order chi connectivity index (χ1) is 16.9. The van der Waals surface area contributed by atoms with Gasteiger partial charge in [0.2, 0.25) is 5.91 Å². The first-order valence-corrected chi connectivity index (χ1v) is 12.7. The topological polar surface area (TPSA) is 85.8 Å². The Morgan fingerprint density at radius 1 is 0.914 bits per heavy atom. The van der Waals surface area contributed by atoms with Crippen molar-refractivity contribution in [3.8, 4) is 11.5 Å². The third kappa shape index (κ3) is 7.63. The van der Waals surface area contributed by atoms with E-state index in [-0.39, 0.29) is 36.7 Å². The van der Waals surface area contributed by atoms with Gasteiger partial charge in [0, 0.05) is 35.9 Å². The van der Waals surface area contributed by atoms with Gasteiger partial charge in [0.1, 0.15) is 0 Å². The number of ether oxygens (including phenoxy) is 2. The number of carbonyl (C=O) groups is 3. The largest absolute Gasteiger partial charge is 0.423 e. The maximum absolute atomic E-state index is 13.2. The zero-order valence-electron chi connectivity index (χ0n) is 19.7. The number of benzene rings is 2. The lowest BCUT2D eigenvalue weighted by Crippen LogP contribution is -2.26. The van der Waals surface area contributed by atoms with Gasteiger partial charge in [-0.05, 0) is 61.2 Å². The summed E-state index contributed by atoms with van der Waals surface area (Å²) in [6.07, 6.45) is 3.99. The standard InChI is InChI=1S/C26H27ClN2O5S/c1-3-5-24(31)33-21-13-7-18(17-22(21)34-25(32)6-4-2)8-14-23(30)29(26-28-15-16-35-26)20-11-9-19(27)10-12-20/h7,9-13,15-17H,3-6,8,14H2,1-2H3. The van der Waals surface area contributed by atoms with Crippen molar-refractivity contribution < 1.29 is 23.9 Å². The summed E-state index contributed by atoms with van der Waals surface area (Å²) in [6.45, 7) is 3.75. The highest BCUT2D eigenvalue weighted by Crippen LogP contribution is 2.32. The van der Waals surface area contributed by atoms with Crippen LogP contribution in [0, 0.1) is 0 Å². The van der Waals surface area contributed by atoms with Crippen LogP contribution in [0.4, 0.5) is 10.8 Å². The number of nitrogens with zero attached hydrogens (tertiary/aromatic N) is 2. The molecule has 9 heteroatoms. The summed E-state index contributed by atoms with van der Waals surface area (Å²) in [6, 6.07) is 12.0. The molecule has 1 aromatic heterocycles. The molecule has 184 valence electrons. The van der Waals surface area contributed by atoms with Gasteiger partial charge in [-0.2, -0.15) is 0 Å². The highest BCUT2D eigenvalue weighted by Gasteiger charge is 2.21. The molecule has 1 heterocycles. The number of amides is 1. The second-order valence-electron chi connectivity index (χ2n) is 7.75. The molecule has 0 aliphatic heterocycles. The van der Waals surface area contributed by atoms with Gasteiger partial charge >= 0.3 is 11.9 Å². The third-order valence-corrected chi connectivity index (χ3v) is 5.94. The van der Waals surface area contributed by atoms with E-state index in [1.54, 1.807) is 58.9 Å². The first-order valence-electron chi connectivity index (χ1n) is 11.4. The number of carbonyl (C=O) groups excluding carboxylic acids is 3. The molecule has 7 nitrogen and oxygen atoms in total. The SMILES string of the molecule is CCCC(=O)Oc1ccc(CCC(=O)N(c2ccc(Cl)cc2)c2nccs2)cc1OC(=O)CCC. The molecule has 0 bridgehead atoms. The molecule has 3 rings (SSSR count). The molecule has 1 amide bonds. The molecule has 2 aromatic carbocycles. The summed E-state index contributed by atoms with van der Waals surface area (Å²) >= 11 is 7.37. The Labute approximate surface area is 213 Å². The number of aromatic nitrogens is 1. The zero-order valence-corrected chi connectivity index (χ0v) is 21.2. The Bertz CT molecular complexity index is 1150. The lowest BCUT2D eigenvalue weighted by atomic mass is 10.1. The number of halogens is 1. The quantitative estimate of drug-likeness (QED) is 0.214. The molecule has 0 saturated heterocycles. The van der Waals surface area contributed by atoms with Crippen molar-refractivity contribution in [3.63, 3.8) is 0 Å². The number of hydrogen-bond donors (Lipinski definition) is 0. The Hall–Kier alpha value is -3.23. The number of anilines is 2. The van der Waals surface area contributed by atoms with Crippen LogP contribution in [0.1, 0.15) is 51.5 Å². The normalized spacial score (nSPS) is 10.6. The fourth-order valence-corrected chi connectivity index (χ4v) is 4.07. The van der Waals surface area contributed by atoms with Crippen LogP contribution < -0.4 is 14.4 Å². The summed E-state index contributed by atoms with van der Waals surface area (Å²) in [5.74, 6) is -0.595. The Kier molecular flexibility index (Phi) is 9.81. The minimum atomic E-state index is -0.411. The lowest BCUT2D eigenvalue weighted by Gasteiger charge is -2.20. The highest BCUT2D eigenvalue weighted by atomic mass is 35.5. The molecule has 0 fully saturated rings. The second-order valence-corrected chi connectivity index (χ2v) is 9.06. The van der Waals surface area contributed by atoms with Crippen LogP contribution in [-0.2, 0) is 20.8 Å². The van der Waals surface area contributed by atoms with E-state index in [1.165, 1.54) is 11.3 Å². The van der Waals surface area contributed by atoms with Crippen LogP contribution >= 0.6 is 22.9 Å². The first kappa shape index (κ1) is 26.4. The van der Waals surface area contributed by atoms with Gasteiger partial charge in [0.15, 0.2) is 16.6 Å². The highest BCUT2D eigenvalue weighted by molar-refractivity contribution is 7.13. The van der Waals surface area contributed by atoms with E-state index in [1.807, 2.05) is 13.8 Å². The van der Waals surface area contributed by atoms with Crippen molar-refractivity contribution in [3.05, 3.63) is 64.6 Å². The van der Waals surface area contributed by atoms with Gasteiger partial charge in [0.25, 0.3) is 0 Å². The molecular weight excluding hydrogens is 488 g/mol. The zero-order chi connectivity index (χ0) is 25.2. The van der Waals surface area contributed by atoms with E-state index in [0.29, 0.717) is 35.1 Å². The molecule has 0 atom stereocenters. The molecule has 0 unspecified atom stereocenters. The van der Waals surface area contributed by atoms with Crippen LogP contribution in [0.25, 0.3) is 0 Å². The second kappa shape index (κ2) is 13.0. The summed E-state index contributed by atoms with van der Waals surface area (Å²) in [5, 5.41) is 2.94. The van der Waals surface area contributed by atoms with Crippen LogP contribution in [0.15, 0.2) is 54.0 Å². The van der Waals surface area contributed by atoms with Gasteiger partial charge < -0.3 is 9.47 Å². The van der Waals surface area contributed by atoms with E-state index in [9.17, 15) is 14.4 Å². The minimum absolute atomic E-state index is 0.148. The van der Waals surface area contributed by atoms with Crippen molar-refractivity contribution >= 4 is 51.6 Å². The molecule has 0 spiro atoms. The summed E-state index contributed by atoms with van der Waals surface area (Å²) in [5.41, 5.74) is 1.44. The predicted octanol–water partition coefficient (Wildman–Crippen LogP) is 6.51. The van der Waals surface area contributed by atoms with E-state index in [0.717, 1.165) is 5.56 Å².